The number of benzene rings is 2. The van der Waals surface area contributed by atoms with E-state index in [2.05, 4.69) is 16.3 Å². The maximum Gasteiger partial charge on any atom is 0.252 e. The van der Waals surface area contributed by atoms with Gasteiger partial charge in [0.15, 0.2) is 0 Å². The molecule has 0 aliphatic heterocycles. The van der Waals surface area contributed by atoms with E-state index in [0.29, 0.717) is 18.2 Å². The molecule has 1 heterocycles. The summed E-state index contributed by atoms with van der Waals surface area (Å²) >= 11 is 0. The van der Waals surface area contributed by atoms with Gasteiger partial charge in [-0.15, -0.1) is 0 Å². The van der Waals surface area contributed by atoms with E-state index in [0.717, 1.165) is 40.9 Å². The molecule has 1 aliphatic rings. The summed E-state index contributed by atoms with van der Waals surface area (Å²) in [6, 6.07) is 18.0. The van der Waals surface area contributed by atoms with E-state index in [-0.39, 0.29) is 5.91 Å². The van der Waals surface area contributed by atoms with Gasteiger partial charge in [0.05, 0.1) is 18.2 Å². The molecule has 0 radical (unpaired) electrons. The average molecular weight is 361 g/mol. The Bertz CT molecular complexity index is 982. The number of methoxy groups -OCH3 is 1. The number of ether oxygens (including phenoxy) is 1. The molecule has 138 valence electrons. The van der Waals surface area contributed by atoms with Gasteiger partial charge in [0.25, 0.3) is 5.91 Å². The second kappa shape index (κ2) is 7.27. The van der Waals surface area contributed by atoms with Crippen molar-refractivity contribution in [2.24, 2.45) is 0 Å². The molecule has 0 atom stereocenters. The molecule has 3 aromatic rings. The Morgan fingerprint density at radius 1 is 1.19 bits per heavy atom. The molecule has 0 saturated heterocycles. The lowest BCUT2D eigenvalue weighted by atomic mass is 10.1. The number of anilines is 1. The summed E-state index contributed by atoms with van der Waals surface area (Å²) in [7, 11) is 3.65. The topological polar surface area (TPSA) is 54.5 Å². The van der Waals surface area contributed by atoms with Crippen molar-refractivity contribution in [1.29, 1.82) is 0 Å². The van der Waals surface area contributed by atoms with Crippen molar-refractivity contribution < 1.29 is 9.53 Å². The molecule has 1 amide bonds. The number of hydrogen-bond acceptors (Lipinski definition) is 4. The largest absolute Gasteiger partial charge is 0.497 e. The molecule has 1 fully saturated rings. The molecule has 5 nitrogen and oxygen atoms in total. The van der Waals surface area contributed by atoms with Crippen LogP contribution in [0.5, 0.6) is 5.75 Å². The standard InChI is InChI=1S/C22H23N3O2/c1-25(14-15-6-5-7-17(12-15)27-2)21-13-19(22(26)23-16-10-11-16)18-8-3-4-9-20(18)24-21/h3-9,12-13,16H,10-11,14H2,1-2H3,(H,23,26). The van der Waals surface area contributed by atoms with Crippen LogP contribution in [-0.4, -0.2) is 31.1 Å². The van der Waals surface area contributed by atoms with E-state index in [1.165, 1.54) is 0 Å². The van der Waals surface area contributed by atoms with Crippen molar-refractivity contribution >= 4 is 22.6 Å². The normalized spacial score (nSPS) is 13.4. The van der Waals surface area contributed by atoms with Crippen LogP contribution in [0.4, 0.5) is 5.82 Å². The van der Waals surface area contributed by atoms with Gasteiger partial charge in [-0.05, 0) is 42.7 Å². The molecule has 0 bridgehead atoms. The van der Waals surface area contributed by atoms with E-state index in [1.54, 1.807) is 7.11 Å². The summed E-state index contributed by atoms with van der Waals surface area (Å²) in [5.74, 6) is 1.58. The zero-order chi connectivity index (χ0) is 18.8. The Kier molecular flexibility index (Phi) is 4.67. The van der Waals surface area contributed by atoms with E-state index in [4.69, 9.17) is 9.72 Å². The van der Waals surface area contributed by atoms with Crippen molar-refractivity contribution in [2.75, 3.05) is 19.1 Å². The monoisotopic (exact) mass is 361 g/mol. The first-order valence-electron chi connectivity index (χ1n) is 9.19. The van der Waals surface area contributed by atoms with Crippen molar-refractivity contribution in [2.45, 2.75) is 25.4 Å². The highest BCUT2D eigenvalue weighted by atomic mass is 16.5. The van der Waals surface area contributed by atoms with Crippen LogP contribution in [0.1, 0.15) is 28.8 Å². The molecule has 2 aromatic carbocycles. The summed E-state index contributed by atoms with van der Waals surface area (Å²) in [6.45, 7) is 0.673. The van der Waals surface area contributed by atoms with Crippen LogP contribution in [0.2, 0.25) is 0 Å². The van der Waals surface area contributed by atoms with Crippen LogP contribution in [-0.2, 0) is 6.54 Å². The van der Waals surface area contributed by atoms with E-state index in [9.17, 15) is 4.79 Å². The van der Waals surface area contributed by atoms with Crippen LogP contribution in [0.3, 0.4) is 0 Å². The highest BCUT2D eigenvalue weighted by Crippen LogP contribution is 2.26. The predicted molar refractivity (Wildman–Crippen MR) is 107 cm³/mol. The number of nitrogens with one attached hydrogen (secondary N) is 1. The molecule has 1 aromatic heterocycles. The molecular weight excluding hydrogens is 338 g/mol. The van der Waals surface area contributed by atoms with Gasteiger partial charge in [0, 0.05) is 25.0 Å². The van der Waals surface area contributed by atoms with Gasteiger partial charge in [-0.3, -0.25) is 4.79 Å². The summed E-state index contributed by atoms with van der Waals surface area (Å²) in [5, 5.41) is 3.97. The lowest BCUT2D eigenvalue weighted by Crippen LogP contribution is -2.26. The highest BCUT2D eigenvalue weighted by molar-refractivity contribution is 6.07. The predicted octanol–water partition coefficient (Wildman–Crippen LogP) is 3.77. The van der Waals surface area contributed by atoms with E-state index < -0.39 is 0 Å². The molecule has 1 N–H and O–H groups in total. The average Bonchev–Trinajstić information content (AvgIpc) is 3.51. The number of carbonyl (C=O) groups is 1. The number of aromatic nitrogens is 1. The number of rotatable bonds is 6. The van der Waals surface area contributed by atoms with Gasteiger partial charge in [0.2, 0.25) is 0 Å². The first kappa shape index (κ1) is 17.3. The van der Waals surface area contributed by atoms with Crippen molar-refractivity contribution in [1.82, 2.24) is 10.3 Å². The number of fused-ring (bicyclic) bond motifs is 1. The molecule has 1 aliphatic carbocycles. The summed E-state index contributed by atoms with van der Waals surface area (Å²) in [4.78, 5) is 19.6. The van der Waals surface area contributed by atoms with E-state index in [1.807, 2.05) is 55.6 Å². The Balaban J connectivity index is 1.66. The molecule has 5 heteroatoms. The lowest BCUT2D eigenvalue weighted by Gasteiger charge is -2.20. The zero-order valence-corrected chi connectivity index (χ0v) is 15.6. The molecule has 27 heavy (non-hydrogen) atoms. The number of hydrogen-bond donors (Lipinski definition) is 1. The fraction of sp³-hybridized carbons (Fsp3) is 0.273. The fourth-order valence-corrected chi connectivity index (χ4v) is 3.16. The molecular formula is C22H23N3O2. The second-order valence-electron chi connectivity index (χ2n) is 7.00. The van der Waals surface area contributed by atoms with Gasteiger partial charge in [-0.25, -0.2) is 4.98 Å². The third-order valence-electron chi connectivity index (χ3n) is 4.80. The third-order valence-corrected chi connectivity index (χ3v) is 4.80. The van der Waals surface area contributed by atoms with Gasteiger partial charge in [0.1, 0.15) is 11.6 Å². The Morgan fingerprint density at radius 3 is 2.78 bits per heavy atom. The van der Waals surface area contributed by atoms with Crippen LogP contribution in [0.15, 0.2) is 54.6 Å². The number of carbonyl (C=O) groups excluding carboxylic acids is 1. The minimum atomic E-state index is -0.0212. The number of para-hydroxylation sites is 1. The Morgan fingerprint density at radius 2 is 2.00 bits per heavy atom. The number of nitrogens with zero attached hydrogens (tertiary/aromatic N) is 2. The SMILES string of the molecule is COc1cccc(CN(C)c2cc(C(=O)NC3CC3)c3ccccc3n2)c1. The van der Waals surface area contributed by atoms with Crippen molar-refractivity contribution in [3.8, 4) is 5.75 Å². The zero-order valence-electron chi connectivity index (χ0n) is 15.6. The van der Waals surface area contributed by atoms with Crippen LogP contribution in [0.25, 0.3) is 10.9 Å². The van der Waals surface area contributed by atoms with Crippen LogP contribution < -0.4 is 15.0 Å². The van der Waals surface area contributed by atoms with Crippen LogP contribution in [0, 0.1) is 0 Å². The number of pyridine rings is 1. The highest BCUT2D eigenvalue weighted by Gasteiger charge is 2.25. The Hall–Kier alpha value is -3.08. The quantitative estimate of drug-likeness (QED) is 0.726. The summed E-state index contributed by atoms with van der Waals surface area (Å²) in [5.41, 5.74) is 2.63. The third kappa shape index (κ3) is 3.87. The summed E-state index contributed by atoms with van der Waals surface area (Å²) in [6.07, 6.45) is 2.13. The molecule has 1 saturated carbocycles. The van der Waals surface area contributed by atoms with Gasteiger partial charge >= 0.3 is 0 Å². The smallest absolute Gasteiger partial charge is 0.252 e. The Labute approximate surface area is 159 Å². The molecule has 4 rings (SSSR count). The molecule has 0 spiro atoms. The minimum Gasteiger partial charge on any atom is -0.497 e. The molecule has 0 unspecified atom stereocenters. The maximum atomic E-state index is 12.8. The van der Waals surface area contributed by atoms with Gasteiger partial charge in [-0.2, -0.15) is 0 Å². The van der Waals surface area contributed by atoms with Crippen molar-refractivity contribution in [3.05, 3.63) is 65.7 Å². The first-order chi connectivity index (χ1) is 13.1. The van der Waals surface area contributed by atoms with Crippen LogP contribution >= 0.6 is 0 Å². The van der Waals surface area contributed by atoms with Crippen molar-refractivity contribution in [3.63, 3.8) is 0 Å². The van der Waals surface area contributed by atoms with Gasteiger partial charge < -0.3 is 15.0 Å². The maximum absolute atomic E-state index is 12.8. The van der Waals surface area contributed by atoms with E-state index >= 15 is 0 Å². The minimum absolute atomic E-state index is 0.0212. The number of amides is 1. The summed E-state index contributed by atoms with van der Waals surface area (Å²) < 4.78 is 5.31. The fourth-order valence-electron chi connectivity index (χ4n) is 3.16. The second-order valence-corrected chi connectivity index (χ2v) is 7.00. The first-order valence-corrected chi connectivity index (χ1v) is 9.19. The van der Waals surface area contributed by atoms with Gasteiger partial charge in [-0.1, -0.05) is 30.3 Å². The lowest BCUT2D eigenvalue weighted by molar-refractivity contribution is 0.0952.